The van der Waals surface area contributed by atoms with E-state index in [0.717, 1.165) is 12.8 Å². The fourth-order valence-corrected chi connectivity index (χ4v) is 12.2. The van der Waals surface area contributed by atoms with Crippen molar-refractivity contribution < 1.29 is 173 Å². The van der Waals surface area contributed by atoms with Gasteiger partial charge < -0.3 is 184 Å². The number of hydrogen-bond donors (Lipinski definition) is 23. The number of anilines is 1. The van der Waals surface area contributed by atoms with Gasteiger partial charge in [-0.3, -0.25) is 4.79 Å². The summed E-state index contributed by atoms with van der Waals surface area (Å²) in [6.45, 7) is -3.76. The highest BCUT2D eigenvalue weighted by Crippen LogP contribution is 2.39. The van der Waals surface area contributed by atoms with Crippen molar-refractivity contribution in [3.05, 3.63) is 29.8 Å². The predicted molar refractivity (Wildman–Crippen MR) is 296 cm³/mol. The van der Waals surface area contributed by atoms with Crippen molar-refractivity contribution in [3.63, 3.8) is 0 Å². The van der Waals surface area contributed by atoms with Crippen LogP contribution < -0.4 is 16.0 Å². The van der Waals surface area contributed by atoms with Gasteiger partial charge in [0.15, 0.2) is 44.0 Å². The maximum Gasteiger partial charge on any atom is 0.251 e. The lowest BCUT2D eigenvalue weighted by Gasteiger charge is -2.50. The third-order valence-electron chi connectivity index (χ3n) is 17.5. The molecule has 1 aromatic rings. The van der Waals surface area contributed by atoms with Gasteiger partial charge >= 0.3 is 0 Å². The van der Waals surface area contributed by atoms with Gasteiger partial charge in [0.2, 0.25) is 0 Å². The van der Waals surface area contributed by atoms with E-state index < -0.39 is 255 Å². The number of aliphatic hydroxyl groups is 20. The molecule has 1 amide bonds. The molecule has 0 saturated carbocycles. The summed E-state index contributed by atoms with van der Waals surface area (Å²) >= 11 is 0. The molecule has 0 spiro atoms. The zero-order chi connectivity index (χ0) is 67.3. The van der Waals surface area contributed by atoms with Crippen LogP contribution in [0.2, 0.25) is 0 Å². The highest BCUT2D eigenvalue weighted by molar-refractivity contribution is 5.94. The molecule has 0 aliphatic carbocycles. The first-order valence-corrected chi connectivity index (χ1v) is 30.7. The molecule has 0 aromatic heterocycles. The molecule has 1 aromatic carbocycles. The lowest BCUT2D eigenvalue weighted by Crippen LogP contribution is -2.68. The van der Waals surface area contributed by atoms with E-state index in [1.807, 2.05) is 6.92 Å². The van der Waals surface area contributed by atoms with Gasteiger partial charge in [-0.05, 0) is 30.7 Å². The largest absolute Gasteiger partial charge is 0.394 e. The number of ether oxygens (including phenoxy) is 14. The fraction of sp³-hybridized carbons (Fsp3) is 0.873. The van der Waals surface area contributed by atoms with Crippen molar-refractivity contribution in [1.82, 2.24) is 10.6 Å². The molecule has 21 aliphatic rings. The summed E-state index contributed by atoms with van der Waals surface area (Å²) in [7, 11) is 0. The number of nitrogens with one attached hydrogen (secondary N) is 3. The normalized spacial score (nSPS) is 47.7. The first-order valence-electron chi connectivity index (χ1n) is 30.7. The molecular weight excluding hydrogens is 1260 g/mol. The van der Waals surface area contributed by atoms with Crippen LogP contribution in [0.4, 0.5) is 5.69 Å². The average Bonchev–Trinajstić information content (AvgIpc) is 0.958. The predicted octanol–water partition coefficient (Wildman–Crippen LogP) is -13.0. The molecule has 93 heavy (non-hydrogen) atoms. The molecule has 38 nitrogen and oxygen atoms in total. The van der Waals surface area contributed by atoms with Crippen molar-refractivity contribution in [3.8, 4) is 0 Å². The lowest BCUT2D eigenvalue weighted by molar-refractivity contribution is -0.396. The van der Waals surface area contributed by atoms with E-state index in [0.29, 0.717) is 17.8 Å². The molecule has 0 radical (unpaired) electrons. The van der Waals surface area contributed by atoms with Crippen LogP contribution in [0.3, 0.4) is 0 Å². The molecular formula is C55H89N3O35. The number of carbonyl (C=O) groups is 1. The summed E-state index contributed by atoms with van der Waals surface area (Å²) in [6, 6.07) is 6.61. The Morgan fingerprint density at radius 2 is 0.581 bits per heavy atom. The zero-order valence-electron chi connectivity index (χ0n) is 50.1. The van der Waals surface area contributed by atoms with Gasteiger partial charge in [-0.25, -0.2) is 0 Å². The van der Waals surface area contributed by atoms with E-state index in [1.165, 1.54) is 0 Å². The molecule has 21 saturated heterocycles. The number of amides is 1. The molecule has 21 heterocycles. The summed E-state index contributed by atoms with van der Waals surface area (Å²) in [4.78, 5) is 12.6. The minimum atomic E-state index is -2.22. The number of rotatable bonds is 16. The van der Waals surface area contributed by atoms with Crippen molar-refractivity contribution in [2.45, 2.75) is 235 Å². The second-order valence-electron chi connectivity index (χ2n) is 23.8. The number of unbranched alkanes of at least 4 members (excludes halogenated alkanes) is 1. The van der Waals surface area contributed by atoms with Crippen LogP contribution >= 0.6 is 0 Å². The van der Waals surface area contributed by atoms with E-state index in [-0.39, 0.29) is 25.5 Å². The Morgan fingerprint density at radius 3 is 0.828 bits per heavy atom. The summed E-state index contributed by atoms with van der Waals surface area (Å²) in [5.41, 5.74) is 1.05. The summed E-state index contributed by atoms with van der Waals surface area (Å²) in [5, 5.41) is 234. The van der Waals surface area contributed by atoms with Crippen LogP contribution in [-0.4, -0.2) is 389 Å². The van der Waals surface area contributed by atoms with Gasteiger partial charge in [-0.1, -0.05) is 13.3 Å². The first-order chi connectivity index (χ1) is 44.5. The van der Waals surface area contributed by atoms with Crippen molar-refractivity contribution in [1.29, 1.82) is 0 Å². The molecule has 534 valence electrons. The SMILES string of the molecule is CCCCNC(=O)c1ccc(NCCNC[C@H]2O[C@@H]3O[C@H]4[C@H](O)[C@@H](O)[C@@H](O[C@H]5[C@H](O)[C@@H](O)[C@@H](O[C@H]6[C@H](O)[C@@H](O)[C@@H](O[C@H]7[C@H](O)[C@@H](O)[C@@H](O[C@H]8[C@H](O)[C@@H](O)[C@@H](O[C@H]9[C@H](O)[C@@H](O)[C@@H](O[C@H]2[C@H](O)[C@H]3O)O[C@@H]9CO)O[C@@H]8CO)O[C@@H]7CO)O[C@@H]6CO)O[C@@H]5CO)O[C@@H]4CO)cc1. The van der Waals surface area contributed by atoms with Gasteiger partial charge in [0.05, 0.1) is 39.6 Å². The van der Waals surface area contributed by atoms with Crippen LogP contribution in [0.15, 0.2) is 24.3 Å². The maximum atomic E-state index is 12.6. The molecule has 21 fully saturated rings. The number of aliphatic hydroxyl groups excluding tert-OH is 20. The van der Waals surface area contributed by atoms with Crippen LogP contribution in [0.5, 0.6) is 0 Å². The molecule has 14 bridgehead atoms. The third-order valence-corrected chi connectivity index (χ3v) is 17.5. The molecule has 38 heteroatoms. The van der Waals surface area contributed by atoms with E-state index in [4.69, 9.17) is 66.3 Å². The van der Waals surface area contributed by atoms with Crippen LogP contribution in [-0.2, 0) is 66.3 Å². The van der Waals surface area contributed by atoms with Crippen LogP contribution in [0.25, 0.3) is 0 Å². The molecule has 0 unspecified atom stereocenters. The zero-order valence-corrected chi connectivity index (χ0v) is 50.1. The molecule has 23 N–H and O–H groups in total. The standard InChI is InChI=1S/C55H89N3O35/c1-2-3-8-58-48(79)18-4-6-19(7-5-18)57-10-9-56-11-20-41-27(65)34(72)49(80-20)88-42-21(12-59)82-51(36(74)29(42)67)90-44-23(14-61)84-53(38(76)31(44)69)92-46-25(16-63)86-55(40(78)33(46)71)93-47-26(17-64)85-54(39(77)32(47)70)91-45-24(15-62)83-52(37(75)30(45)68)89-43-22(13-60)81-50(87-41)35(73)28(43)66/h4-7,20-47,49-57,59-78H,2-3,8-17H2,1H3,(H,58,79)/t20-,21-,22-,23-,24-,25-,26-,27-,28-,29-,30-,31-,32-,33-,34-,35-,36-,37-,38-,39-,40-,41-,42-,43-,44-,45-,46-,47-,49-,50-,51-,52-,53-,54-,55-/m1/s1. The maximum absolute atomic E-state index is 12.6. The number of hydrogen-bond acceptors (Lipinski definition) is 37. The van der Waals surface area contributed by atoms with Crippen molar-refractivity contribution in [2.75, 3.05) is 71.1 Å². The minimum absolute atomic E-state index is 0.126. The van der Waals surface area contributed by atoms with E-state index >= 15 is 0 Å². The topological polar surface area (TPSA) is 587 Å². The Kier molecular flexibility index (Phi) is 26.6. The van der Waals surface area contributed by atoms with Crippen molar-refractivity contribution >= 4 is 11.6 Å². The van der Waals surface area contributed by atoms with E-state index in [1.54, 1.807) is 24.3 Å². The van der Waals surface area contributed by atoms with E-state index in [2.05, 4.69) is 16.0 Å². The first kappa shape index (κ1) is 74.3. The summed E-state index contributed by atoms with van der Waals surface area (Å²) < 4.78 is 81.7. The lowest BCUT2D eigenvalue weighted by atomic mass is 9.95. The Hall–Kier alpha value is -2.91. The van der Waals surface area contributed by atoms with Gasteiger partial charge in [-0.15, -0.1) is 0 Å². The Bertz CT molecular complexity index is 2420. The average molecular weight is 1350 g/mol. The third kappa shape index (κ3) is 16.2. The summed E-state index contributed by atoms with van der Waals surface area (Å²) in [6.07, 6.45) is -68.3. The second-order valence-corrected chi connectivity index (χ2v) is 23.8. The molecule has 35 atom stereocenters. The van der Waals surface area contributed by atoms with Gasteiger partial charge in [-0.2, -0.15) is 0 Å². The van der Waals surface area contributed by atoms with Crippen LogP contribution in [0, 0.1) is 0 Å². The Morgan fingerprint density at radius 1 is 0.333 bits per heavy atom. The molecule has 21 aliphatic heterocycles. The van der Waals surface area contributed by atoms with Crippen LogP contribution in [0.1, 0.15) is 30.1 Å². The second kappa shape index (κ2) is 33.3. The fourth-order valence-electron chi connectivity index (χ4n) is 12.2. The number of benzene rings is 1. The van der Waals surface area contributed by atoms with E-state index in [9.17, 15) is 107 Å². The highest BCUT2D eigenvalue weighted by Gasteiger charge is 2.59. The van der Waals surface area contributed by atoms with Gasteiger partial charge in [0.25, 0.3) is 5.91 Å². The van der Waals surface area contributed by atoms with Gasteiger partial charge in [0, 0.05) is 37.4 Å². The molecule has 22 rings (SSSR count). The highest BCUT2D eigenvalue weighted by atomic mass is 16.8. The Balaban J connectivity index is 0.979. The Labute approximate surface area is 530 Å². The smallest absolute Gasteiger partial charge is 0.251 e. The minimum Gasteiger partial charge on any atom is -0.394 e. The monoisotopic (exact) mass is 1350 g/mol. The number of carbonyl (C=O) groups excluding carboxylic acids is 1. The van der Waals surface area contributed by atoms with Crippen molar-refractivity contribution in [2.24, 2.45) is 0 Å². The quantitative estimate of drug-likeness (QED) is 0.0684. The summed E-state index contributed by atoms with van der Waals surface area (Å²) in [5.74, 6) is -0.248. The van der Waals surface area contributed by atoms with Gasteiger partial charge in [0.1, 0.15) is 171 Å².